The van der Waals surface area contributed by atoms with Gasteiger partial charge in [-0.3, -0.25) is 14.5 Å². The zero-order chi connectivity index (χ0) is 12.9. The Labute approximate surface area is 104 Å². The van der Waals surface area contributed by atoms with Gasteiger partial charge in [0, 0.05) is 23.2 Å². The average Bonchev–Trinajstić information content (AvgIpc) is 2.36. The van der Waals surface area contributed by atoms with Gasteiger partial charge in [-0.1, -0.05) is 12.1 Å². The summed E-state index contributed by atoms with van der Waals surface area (Å²) in [4.78, 5) is 25.7. The van der Waals surface area contributed by atoms with Crippen LogP contribution in [-0.4, -0.2) is 23.3 Å². The van der Waals surface area contributed by atoms with Crippen molar-refractivity contribution < 1.29 is 9.59 Å². The third-order valence-electron chi connectivity index (χ3n) is 3.27. The Balaban J connectivity index is 2.45. The van der Waals surface area contributed by atoms with E-state index in [1.807, 2.05) is 12.1 Å². The van der Waals surface area contributed by atoms with Crippen LogP contribution in [-0.2, 0) is 0 Å². The summed E-state index contributed by atoms with van der Waals surface area (Å²) in [5.41, 5.74) is 7.43. The Morgan fingerprint density at radius 2 is 1.83 bits per heavy atom. The van der Waals surface area contributed by atoms with Gasteiger partial charge in [0.05, 0.1) is 5.56 Å². The molecule has 0 aromatic heterocycles. The molecule has 1 heterocycles. The summed E-state index contributed by atoms with van der Waals surface area (Å²) in [6.45, 7) is 2.15. The SMILES string of the molecule is CCN1C(=O)c2cccc3cc(N)cc(c23)C1=O. The highest BCUT2D eigenvalue weighted by molar-refractivity contribution is 6.25. The number of rotatable bonds is 1. The van der Waals surface area contributed by atoms with E-state index in [9.17, 15) is 9.59 Å². The molecule has 4 heteroatoms. The quantitative estimate of drug-likeness (QED) is 0.612. The minimum absolute atomic E-state index is 0.231. The lowest BCUT2D eigenvalue weighted by molar-refractivity contribution is 0.0619. The lowest BCUT2D eigenvalue weighted by Crippen LogP contribution is -2.40. The molecule has 0 aliphatic carbocycles. The van der Waals surface area contributed by atoms with E-state index in [1.54, 1.807) is 25.1 Å². The number of imide groups is 1. The van der Waals surface area contributed by atoms with Crippen molar-refractivity contribution in [2.24, 2.45) is 0 Å². The molecule has 18 heavy (non-hydrogen) atoms. The van der Waals surface area contributed by atoms with Crippen molar-refractivity contribution in [3.8, 4) is 0 Å². The maximum atomic E-state index is 12.2. The van der Waals surface area contributed by atoms with Crippen LogP contribution in [0.15, 0.2) is 30.3 Å². The van der Waals surface area contributed by atoms with E-state index in [4.69, 9.17) is 5.73 Å². The standard InChI is InChI=1S/C14H12N2O2/c1-2-16-13(17)10-5-3-4-8-6-9(15)7-11(12(8)10)14(16)18/h3-7H,2,15H2,1H3. The highest BCUT2D eigenvalue weighted by Gasteiger charge is 2.31. The van der Waals surface area contributed by atoms with Crippen molar-refractivity contribution >= 4 is 28.3 Å². The smallest absolute Gasteiger partial charge is 0.261 e. The Hall–Kier alpha value is -2.36. The van der Waals surface area contributed by atoms with Crippen molar-refractivity contribution in [2.75, 3.05) is 12.3 Å². The van der Waals surface area contributed by atoms with E-state index in [0.717, 1.165) is 5.39 Å². The van der Waals surface area contributed by atoms with E-state index < -0.39 is 0 Å². The summed E-state index contributed by atoms with van der Waals surface area (Å²) in [5, 5.41) is 1.55. The van der Waals surface area contributed by atoms with Gasteiger partial charge in [0.2, 0.25) is 0 Å². The molecule has 0 radical (unpaired) electrons. The van der Waals surface area contributed by atoms with E-state index >= 15 is 0 Å². The Morgan fingerprint density at radius 1 is 1.11 bits per heavy atom. The fourth-order valence-electron chi connectivity index (χ4n) is 2.47. The fraction of sp³-hybridized carbons (Fsp3) is 0.143. The zero-order valence-electron chi connectivity index (χ0n) is 9.93. The molecular formula is C14H12N2O2. The molecule has 0 unspecified atom stereocenters. The number of amides is 2. The minimum Gasteiger partial charge on any atom is -0.399 e. The molecule has 2 aromatic carbocycles. The molecule has 0 spiro atoms. The number of benzene rings is 2. The summed E-state index contributed by atoms with van der Waals surface area (Å²) in [5.74, 6) is -0.496. The highest BCUT2D eigenvalue weighted by Crippen LogP contribution is 2.31. The molecule has 4 nitrogen and oxygen atoms in total. The second-order valence-electron chi connectivity index (χ2n) is 4.33. The van der Waals surface area contributed by atoms with Crippen LogP contribution >= 0.6 is 0 Å². The second-order valence-corrected chi connectivity index (χ2v) is 4.33. The van der Waals surface area contributed by atoms with Crippen LogP contribution in [0, 0.1) is 0 Å². The summed E-state index contributed by atoms with van der Waals surface area (Å²) >= 11 is 0. The Bertz CT molecular complexity index is 691. The van der Waals surface area contributed by atoms with Crippen LogP contribution in [0.2, 0.25) is 0 Å². The predicted octanol–water partition coefficient (Wildman–Crippen LogP) is 2.04. The summed E-state index contributed by atoms with van der Waals surface area (Å²) in [7, 11) is 0. The van der Waals surface area contributed by atoms with Crippen LogP contribution in [0.25, 0.3) is 10.8 Å². The number of anilines is 1. The molecule has 0 atom stereocenters. The first-order chi connectivity index (χ1) is 8.63. The van der Waals surface area contributed by atoms with Gasteiger partial charge >= 0.3 is 0 Å². The molecule has 1 aliphatic heterocycles. The zero-order valence-corrected chi connectivity index (χ0v) is 9.93. The number of nitrogens with two attached hydrogens (primary N) is 1. The summed E-state index contributed by atoms with van der Waals surface area (Å²) in [6.07, 6.45) is 0. The lowest BCUT2D eigenvalue weighted by Gasteiger charge is -2.26. The van der Waals surface area contributed by atoms with Crippen LogP contribution in [0.3, 0.4) is 0 Å². The van der Waals surface area contributed by atoms with Gasteiger partial charge in [-0.05, 0) is 30.5 Å². The maximum Gasteiger partial charge on any atom is 0.261 e. The van der Waals surface area contributed by atoms with Crippen LogP contribution in [0.1, 0.15) is 27.6 Å². The Morgan fingerprint density at radius 3 is 2.56 bits per heavy atom. The number of hydrogen-bond donors (Lipinski definition) is 1. The molecule has 0 saturated heterocycles. The van der Waals surface area contributed by atoms with Gasteiger partial charge in [0.1, 0.15) is 0 Å². The molecular weight excluding hydrogens is 228 g/mol. The van der Waals surface area contributed by atoms with Gasteiger partial charge < -0.3 is 5.73 Å². The topological polar surface area (TPSA) is 63.4 Å². The third-order valence-corrected chi connectivity index (χ3v) is 3.27. The molecule has 0 saturated carbocycles. The molecule has 0 fully saturated rings. The van der Waals surface area contributed by atoms with Crippen molar-refractivity contribution in [3.63, 3.8) is 0 Å². The summed E-state index contributed by atoms with van der Waals surface area (Å²) in [6, 6.07) is 8.84. The number of carbonyl (C=O) groups is 2. The molecule has 2 amide bonds. The fourth-order valence-corrected chi connectivity index (χ4v) is 2.47. The monoisotopic (exact) mass is 240 g/mol. The first kappa shape index (κ1) is 10.8. The van der Waals surface area contributed by atoms with Crippen molar-refractivity contribution in [2.45, 2.75) is 6.92 Å². The van der Waals surface area contributed by atoms with Crippen LogP contribution in [0.4, 0.5) is 5.69 Å². The number of nitrogens with zero attached hydrogens (tertiary/aromatic N) is 1. The average molecular weight is 240 g/mol. The van der Waals surface area contributed by atoms with Gasteiger partial charge in [-0.25, -0.2) is 0 Å². The molecule has 3 rings (SSSR count). The maximum absolute atomic E-state index is 12.2. The first-order valence-electron chi connectivity index (χ1n) is 5.82. The van der Waals surface area contributed by atoms with Gasteiger partial charge in [0.25, 0.3) is 11.8 Å². The summed E-state index contributed by atoms with van der Waals surface area (Å²) < 4.78 is 0. The van der Waals surface area contributed by atoms with E-state index in [2.05, 4.69) is 0 Å². The van der Waals surface area contributed by atoms with Crippen LogP contribution < -0.4 is 5.73 Å². The molecule has 0 bridgehead atoms. The largest absolute Gasteiger partial charge is 0.399 e. The van der Waals surface area contributed by atoms with Gasteiger partial charge in [-0.15, -0.1) is 0 Å². The van der Waals surface area contributed by atoms with Gasteiger partial charge in [0.15, 0.2) is 0 Å². The normalized spacial score (nSPS) is 14.4. The van der Waals surface area contributed by atoms with Gasteiger partial charge in [-0.2, -0.15) is 0 Å². The first-order valence-corrected chi connectivity index (χ1v) is 5.82. The molecule has 1 aliphatic rings. The van der Waals surface area contributed by atoms with Crippen molar-refractivity contribution in [1.82, 2.24) is 4.90 Å². The van der Waals surface area contributed by atoms with Crippen molar-refractivity contribution in [1.29, 1.82) is 0 Å². The highest BCUT2D eigenvalue weighted by atomic mass is 16.2. The lowest BCUT2D eigenvalue weighted by atomic mass is 9.93. The molecule has 2 aromatic rings. The third kappa shape index (κ3) is 1.26. The molecule has 90 valence electrons. The number of carbonyl (C=O) groups excluding carboxylic acids is 2. The number of hydrogen-bond acceptors (Lipinski definition) is 3. The number of nitrogen functional groups attached to an aromatic ring is 1. The van der Waals surface area contributed by atoms with Crippen LogP contribution in [0.5, 0.6) is 0 Å². The predicted molar refractivity (Wildman–Crippen MR) is 69.4 cm³/mol. The minimum atomic E-state index is -0.265. The van der Waals surface area contributed by atoms with E-state index in [1.165, 1.54) is 4.90 Å². The van der Waals surface area contributed by atoms with E-state index in [0.29, 0.717) is 28.7 Å². The molecule has 2 N–H and O–H groups in total. The van der Waals surface area contributed by atoms with Crippen molar-refractivity contribution in [3.05, 3.63) is 41.5 Å². The Kier molecular flexibility index (Phi) is 2.13. The van der Waals surface area contributed by atoms with E-state index in [-0.39, 0.29) is 11.8 Å². The second kappa shape index (κ2) is 3.57.